The highest BCUT2D eigenvalue weighted by Crippen LogP contribution is 2.23. The molecule has 0 atom stereocenters. The van der Waals surface area contributed by atoms with E-state index in [4.69, 9.17) is 4.52 Å². The van der Waals surface area contributed by atoms with Crippen LogP contribution in [0.15, 0.2) is 59.4 Å². The zero-order valence-electron chi connectivity index (χ0n) is 11.5. The van der Waals surface area contributed by atoms with Gasteiger partial charge in [-0.15, -0.1) is 0 Å². The summed E-state index contributed by atoms with van der Waals surface area (Å²) in [5.74, 6) is -0.296. The number of nitrogens with one attached hydrogen (secondary N) is 1. The zero-order chi connectivity index (χ0) is 15.4. The number of aromatic nitrogens is 2. The lowest BCUT2D eigenvalue weighted by atomic mass is 10.1. The molecule has 5 nitrogen and oxygen atoms in total. The van der Waals surface area contributed by atoms with Gasteiger partial charge in [-0.3, -0.25) is 9.78 Å². The summed E-state index contributed by atoms with van der Waals surface area (Å²) in [5.41, 5.74) is 1.36. The van der Waals surface area contributed by atoms with Crippen LogP contribution in [0.3, 0.4) is 0 Å². The Bertz CT molecular complexity index is 787. The average Bonchev–Trinajstić information content (AvgIpc) is 3.02. The summed E-state index contributed by atoms with van der Waals surface area (Å²) in [4.78, 5) is 15.7. The quantitative estimate of drug-likeness (QED) is 0.804. The lowest BCUT2D eigenvalue weighted by molar-refractivity contribution is 0.0950. The Labute approximate surface area is 125 Å². The Balaban J connectivity index is 1.68. The Morgan fingerprint density at radius 1 is 1.18 bits per heavy atom. The van der Waals surface area contributed by atoms with Gasteiger partial charge >= 0.3 is 0 Å². The first kappa shape index (κ1) is 13.9. The number of halogens is 1. The number of nitrogens with zero attached hydrogens (tertiary/aromatic N) is 2. The molecule has 2 heterocycles. The second-order valence-corrected chi connectivity index (χ2v) is 4.58. The predicted octanol–water partition coefficient (Wildman–Crippen LogP) is 2.81. The Morgan fingerprint density at radius 2 is 1.95 bits per heavy atom. The van der Waals surface area contributed by atoms with E-state index in [2.05, 4.69) is 15.5 Å². The molecule has 0 saturated carbocycles. The van der Waals surface area contributed by atoms with Crippen molar-refractivity contribution < 1.29 is 13.7 Å². The van der Waals surface area contributed by atoms with Crippen LogP contribution < -0.4 is 5.32 Å². The third-order valence-corrected chi connectivity index (χ3v) is 3.07. The van der Waals surface area contributed by atoms with Crippen LogP contribution in [-0.4, -0.2) is 16.0 Å². The van der Waals surface area contributed by atoms with Gasteiger partial charge in [0.15, 0.2) is 5.76 Å². The summed E-state index contributed by atoms with van der Waals surface area (Å²) in [5, 5.41) is 6.54. The molecular formula is C16H12FN3O2. The van der Waals surface area contributed by atoms with E-state index in [0.29, 0.717) is 22.6 Å². The fourth-order valence-electron chi connectivity index (χ4n) is 1.96. The van der Waals surface area contributed by atoms with Crippen LogP contribution in [0.1, 0.15) is 16.1 Å². The molecule has 0 aliphatic heterocycles. The van der Waals surface area contributed by atoms with E-state index >= 15 is 0 Å². The number of amides is 1. The van der Waals surface area contributed by atoms with Crippen molar-refractivity contribution in [2.75, 3.05) is 0 Å². The molecule has 3 aromatic rings. The molecule has 2 aromatic heterocycles. The fraction of sp³-hybridized carbons (Fsp3) is 0.0625. The molecule has 0 fully saturated rings. The second kappa shape index (κ2) is 6.17. The third kappa shape index (κ3) is 3.01. The Kier molecular flexibility index (Phi) is 3.91. The molecule has 1 aromatic carbocycles. The Hall–Kier alpha value is -3.02. The smallest absolute Gasteiger partial charge is 0.251 e. The molecule has 1 amide bonds. The minimum atomic E-state index is -0.383. The summed E-state index contributed by atoms with van der Waals surface area (Å²) in [6.45, 7) is 0.194. The van der Waals surface area contributed by atoms with Gasteiger partial charge in [0, 0.05) is 24.0 Å². The van der Waals surface area contributed by atoms with Crippen molar-refractivity contribution in [1.82, 2.24) is 15.5 Å². The van der Waals surface area contributed by atoms with E-state index in [9.17, 15) is 9.18 Å². The van der Waals surface area contributed by atoms with Gasteiger partial charge in [0.25, 0.3) is 5.91 Å². The van der Waals surface area contributed by atoms with Crippen LogP contribution in [0, 0.1) is 5.82 Å². The molecule has 6 heteroatoms. The maximum atomic E-state index is 13.7. The maximum absolute atomic E-state index is 13.7. The minimum absolute atomic E-state index is 0.194. The number of hydrogen-bond acceptors (Lipinski definition) is 4. The molecular weight excluding hydrogens is 285 g/mol. The number of benzene rings is 1. The molecule has 0 saturated heterocycles. The monoisotopic (exact) mass is 297 g/mol. The maximum Gasteiger partial charge on any atom is 0.251 e. The van der Waals surface area contributed by atoms with Gasteiger partial charge in [-0.2, -0.15) is 0 Å². The van der Waals surface area contributed by atoms with E-state index in [1.165, 1.54) is 6.07 Å². The van der Waals surface area contributed by atoms with Gasteiger partial charge in [0.1, 0.15) is 11.5 Å². The SMILES string of the molecule is O=C(NCc1cc(-c2ccccc2F)on1)c1ccncc1. The molecule has 0 aliphatic carbocycles. The third-order valence-electron chi connectivity index (χ3n) is 3.07. The van der Waals surface area contributed by atoms with Crippen molar-refractivity contribution in [1.29, 1.82) is 0 Å². The number of pyridine rings is 1. The first-order valence-electron chi connectivity index (χ1n) is 6.63. The van der Waals surface area contributed by atoms with E-state index in [1.807, 2.05) is 0 Å². The lowest BCUT2D eigenvalue weighted by Gasteiger charge is -2.01. The molecule has 22 heavy (non-hydrogen) atoms. The molecule has 1 N–H and O–H groups in total. The molecule has 110 valence electrons. The largest absolute Gasteiger partial charge is 0.356 e. The van der Waals surface area contributed by atoms with Gasteiger partial charge in [-0.25, -0.2) is 4.39 Å². The van der Waals surface area contributed by atoms with Gasteiger partial charge in [-0.1, -0.05) is 17.3 Å². The molecule has 0 radical (unpaired) electrons. The molecule has 0 spiro atoms. The summed E-state index contributed by atoms with van der Waals surface area (Å²) in [6.07, 6.45) is 3.09. The van der Waals surface area contributed by atoms with Gasteiger partial charge in [0.05, 0.1) is 12.1 Å². The van der Waals surface area contributed by atoms with Gasteiger partial charge in [0.2, 0.25) is 0 Å². The first-order chi connectivity index (χ1) is 10.7. The summed E-state index contributed by atoms with van der Waals surface area (Å²) >= 11 is 0. The topological polar surface area (TPSA) is 68.0 Å². The van der Waals surface area contributed by atoms with Crippen LogP contribution in [0.5, 0.6) is 0 Å². The van der Waals surface area contributed by atoms with Gasteiger partial charge < -0.3 is 9.84 Å². The standard InChI is InChI=1S/C16H12FN3O2/c17-14-4-2-1-3-13(14)15-9-12(20-22-15)10-19-16(21)11-5-7-18-8-6-11/h1-9H,10H2,(H,19,21). The van der Waals surface area contributed by atoms with Crippen LogP contribution >= 0.6 is 0 Å². The predicted molar refractivity (Wildman–Crippen MR) is 77.3 cm³/mol. The normalized spacial score (nSPS) is 10.4. The molecule has 3 rings (SSSR count). The summed E-state index contributed by atoms with van der Waals surface area (Å²) in [7, 11) is 0. The van der Waals surface area contributed by atoms with E-state index in [1.54, 1.807) is 48.8 Å². The van der Waals surface area contributed by atoms with E-state index in [-0.39, 0.29) is 18.3 Å². The van der Waals surface area contributed by atoms with Gasteiger partial charge in [-0.05, 0) is 24.3 Å². The zero-order valence-corrected chi connectivity index (χ0v) is 11.5. The fourth-order valence-corrected chi connectivity index (χ4v) is 1.96. The van der Waals surface area contributed by atoms with E-state index in [0.717, 1.165) is 0 Å². The highest BCUT2D eigenvalue weighted by Gasteiger charge is 2.12. The summed E-state index contributed by atoms with van der Waals surface area (Å²) < 4.78 is 18.8. The number of carbonyl (C=O) groups excluding carboxylic acids is 1. The average molecular weight is 297 g/mol. The number of hydrogen-bond donors (Lipinski definition) is 1. The van der Waals surface area contributed by atoms with Crippen molar-refractivity contribution in [2.24, 2.45) is 0 Å². The second-order valence-electron chi connectivity index (χ2n) is 4.58. The summed E-state index contributed by atoms with van der Waals surface area (Å²) in [6, 6.07) is 11.1. The van der Waals surface area contributed by atoms with Crippen molar-refractivity contribution in [3.05, 3.63) is 71.9 Å². The van der Waals surface area contributed by atoms with Crippen LogP contribution in [0.25, 0.3) is 11.3 Å². The number of carbonyl (C=O) groups is 1. The van der Waals surface area contributed by atoms with Crippen molar-refractivity contribution in [2.45, 2.75) is 6.54 Å². The van der Waals surface area contributed by atoms with Crippen molar-refractivity contribution in [3.8, 4) is 11.3 Å². The van der Waals surface area contributed by atoms with Crippen LogP contribution in [0.4, 0.5) is 4.39 Å². The number of rotatable bonds is 4. The highest BCUT2D eigenvalue weighted by atomic mass is 19.1. The van der Waals surface area contributed by atoms with Crippen LogP contribution in [0.2, 0.25) is 0 Å². The van der Waals surface area contributed by atoms with Crippen molar-refractivity contribution in [3.63, 3.8) is 0 Å². The first-order valence-corrected chi connectivity index (χ1v) is 6.63. The lowest BCUT2D eigenvalue weighted by Crippen LogP contribution is -2.22. The van der Waals surface area contributed by atoms with E-state index < -0.39 is 0 Å². The molecule has 0 aliphatic rings. The highest BCUT2D eigenvalue weighted by molar-refractivity contribution is 5.93. The minimum Gasteiger partial charge on any atom is -0.356 e. The molecule has 0 unspecified atom stereocenters. The molecule has 0 bridgehead atoms. The van der Waals surface area contributed by atoms with Crippen LogP contribution in [-0.2, 0) is 6.54 Å². The van der Waals surface area contributed by atoms with Crippen molar-refractivity contribution >= 4 is 5.91 Å². The Morgan fingerprint density at radius 3 is 2.73 bits per heavy atom.